The average Bonchev–Trinajstić information content (AvgIpc) is 3.72. The Hall–Kier alpha value is -6.17. The predicted molar refractivity (Wildman–Crippen MR) is 209 cm³/mol. The second kappa shape index (κ2) is 11.8. The molecule has 0 bridgehead atoms. The molecule has 9 aromatic rings. The van der Waals surface area contributed by atoms with Gasteiger partial charge in [0.05, 0.1) is 11.0 Å². The molecule has 0 fully saturated rings. The average molecular weight is 659 g/mol. The van der Waals surface area contributed by atoms with Crippen LogP contribution in [0.25, 0.3) is 76.0 Å². The summed E-state index contributed by atoms with van der Waals surface area (Å²) in [5.41, 5.74) is 7.87. The molecule has 0 saturated heterocycles. The molecule has 0 spiro atoms. The van der Waals surface area contributed by atoms with Gasteiger partial charge in [0.25, 0.3) is 0 Å². The molecule has 1 aliphatic carbocycles. The Balaban J connectivity index is 1.09. The van der Waals surface area contributed by atoms with E-state index in [9.17, 15) is 0 Å². The van der Waals surface area contributed by atoms with Crippen molar-refractivity contribution in [3.63, 3.8) is 0 Å². The number of allylic oxidation sites excluding steroid dienone is 4. The Morgan fingerprint density at radius 2 is 1.20 bits per heavy atom. The van der Waals surface area contributed by atoms with Gasteiger partial charge in [0.15, 0.2) is 11.6 Å². The zero-order valence-electron chi connectivity index (χ0n) is 27.1. The molecular formula is C45H30N4S. The van der Waals surface area contributed by atoms with Crippen molar-refractivity contribution in [3.05, 3.63) is 175 Å². The van der Waals surface area contributed by atoms with E-state index in [0.717, 1.165) is 34.6 Å². The van der Waals surface area contributed by atoms with E-state index in [2.05, 4.69) is 132 Å². The van der Waals surface area contributed by atoms with E-state index in [1.54, 1.807) is 0 Å². The zero-order chi connectivity index (χ0) is 33.0. The van der Waals surface area contributed by atoms with Gasteiger partial charge in [0, 0.05) is 53.7 Å². The van der Waals surface area contributed by atoms with Gasteiger partial charge in [0.1, 0.15) is 5.82 Å². The number of benzene rings is 6. The lowest BCUT2D eigenvalue weighted by Gasteiger charge is -2.18. The third kappa shape index (κ3) is 4.86. The highest BCUT2D eigenvalue weighted by Gasteiger charge is 2.21. The quantitative estimate of drug-likeness (QED) is 0.185. The molecular weight excluding hydrogens is 629 g/mol. The van der Waals surface area contributed by atoms with Crippen molar-refractivity contribution < 1.29 is 0 Å². The normalized spacial score (nSPS) is 14.6. The Morgan fingerprint density at radius 3 is 1.98 bits per heavy atom. The summed E-state index contributed by atoms with van der Waals surface area (Å²) in [5.74, 6) is 2.19. The van der Waals surface area contributed by atoms with E-state index in [-0.39, 0.29) is 5.92 Å². The fraction of sp³-hybridized carbons (Fsp3) is 0.0444. The molecule has 236 valence electrons. The van der Waals surface area contributed by atoms with Crippen LogP contribution in [0.5, 0.6) is 0 Å². The first kappa shape index (κ1) is 28.8. The van der Waals surface area contributed by atoms with Crippen LogP contribution in [-0.2, 0) is 0 Å². The van der Waals surface area contributed by atoms with Crippen molar-refractivity contribution in [2.45, 2.75) is 12.3 Å². The van der Waals surface area contributed by atoms with E-state index in [1.165, 1.54) is 47.6 Å². The molecule has 5 heteroatoms. The van der Waals surface area contributed by atoms with Crippen molar-refractivity contribution in [1.29, 1.82) is 0 Å². The number of thiophene rings is 1. The van der Waals surface area contributed by atoms with Gasteiger partial charge in [-0.3, -0.25) is 0 Å². The smallest absolute Gasteiger partial charge is 0.163 e. The largest absolute Gasteiger partial charge is 0.309 e. The summed E-state index contributed by atoms with van der Waals surface area (Å²) in [6.07, 6.45) is 7.64. The van der Waals surface area contributed by atoms with Crippen LogP contribution in [0.4, 0.5) is 0 Å². The first-order chi connectivity index (χ1) is 24.8. The Bertz CT molecular complexity index is 2730. The standard InChI is InChI=1S/C45H30N4S/c1-3-13-29(14-4-1)43-46-44(30-15-5-2-6-16-30)48-45(47-43)33-19-11-17-31(25-33)32-18-12-20-34(26-32)49-39-23-9-7-21-35(39)37-27-38-36-22-8-10-24-41(36)50-42(38)28-40(37)49/h1-18,20-28,33H,19H2. The minimum atomic E-state index is 0.0149. The summed E-state index contributed by atoms with van der Waals surface area (Å²) in [5, 5.41) is 5.18. The number of aromatic nitrogens is 4. The fourth-order valence-corrected chi connectivity index (χ4v) is 8.46. The number of hydrogen-bond donors (Lipinski definition) is 0. The monoisotopic (exact) mass is 658 g/mol. The molecule has 0 saturated carbocycles. The van der Waals surface area contributed by atoms with Crippen molar-refractivity contribution >= 4 is 58.9 Å². The third-order valence-electron chi connectivity index (χ3n) is 9.73. The minimum absolute atomic E-state index is 0.0149. The number of hydrogen-bond acceptors (Lipinski definition) is 4. The lowest BCUT2D eigenvalue weighted by molar-refractivity contribution is 0.766. The molecule has 0 aliphatic heterocycles. The fourth-order valence-electron chi connectivity index (χ4n) is 7.34. The highest BCUT2D eigenvalue weighted by Crippen LogP contribution is 2.41. The summed E-state index contributed by atoms with van der Waals surface area (Å²) in [6, 6.07) is 51.5. The number of para-hydroxylation sites is 1. The van der Waals surface area contributed by atoms with Gasteiger partial charge >= 0.3 is 0 Å². The molecule has 3 aromatic heterocycles. The van der Waals surface area contributed by atoms with E-state index in [1.807, 2.05) is 47.7 Å². The summed E-state index contributed by atoms with van der Waals surface area (Å²) in [4.78, 5) is 15.0. The van der Waals surface area contributed by atoms with Crippen molar-refractivity contribution in [1.82, 2.24) is 19.5 Å². The summed E-state index contributed by atoms with van der Waals surface area (Å²) < 4.78 is 5.05. The number of nitrogens with zero attached hydrogens (tertiary/aromatic N) is 4. The molecule has 3 heterocycles. The van der Waals surface area contributed by atoms with Gasteiger partial charge in [0.2, 0.25) is 0 Å². The Kier molecular flexibility index (Phi) is 6.78. The van der Waals surface area contributed by atoms with Gasteiger partial charge < -0.3 is 4.57 Å². The van der Waals surface area contributed by atoms with Crippen LogP contribution in [0.2, 0.25) is 0 Å². The number of rotatable bonds is 5. The molecule has 1 atom stereocenters. The van der Waals surface area contributed by atoms with Crippen LogP contribution in [-0.4, -0.2) is 19.5 Å². The highest BCUT2D eigenvalue weighted by atomic mass is 32.1. The topological polar surface area (TPSA) is 43.6 Å². The predicted octanol–water partition coefficient (Wildman–Crippen LogP) is 11.8. The molecule has 10 rings (SSSR count). The van der Waals surface area contributed by atoms with Crippen molar-refractivity contribution in [2.24, 2.45) is 0 Å². The van der Waals surface area contributed by atoms with Gasteiger partial charge in [-0.1, -0.05) is 127 Å². The van der Waals surface area contributed by atoms with Crippen LogP contribution < -0.4 is 0 Å². The molecule has 0 N–H and O–H groups in total. The molecule has 50 heavy (non-hydrogen) atoms. The third-order valence-corrected chi connectivity index (χ3v) is 10.9. The van der Waals surface area contributed by atoms with Gasteiger partial charge in [-0.25, -0.2) is 15.0 Å². The van der Waals surface area contributed by atoms with E-state index < -0.39 is 0 Å². The molecule has 6 aromatic carbocycles. The van der Waals surface area contributed by atoms with Crippen LogP contribution in [0.15, 0.2) is 164 Å². The van der Waals surface area contributed by atoms with Crippen LogP contribution >= 0.6 is 11.3 Å². The van der Waals surface area contributed by atoms with Crippen molar-refractivity contribution in [2.75, 3.05) is 0 Å². The van der Waals surface area contributed by atoms with Gasteiger partial charge in [-0.05, 0) is 54.0 Å². The van der Waals surface area contributed by atoms with Crippen LogP contribution in [0, 0.1) is 0 Å². The summed E-state index contributed by atoms with van der Waals surface area (Å²) >= 11 is 1.87. The molecule has 1 aliphatic rings. The molecule has 0 radical (unpaired) electrons. The number of fused-ring (bicyclic) bond motifs is 6. The maximum Gasteiger partial charge on any atom is 0.163 e. The highest BCUT2D eigenvalue weighted by molar-refractivity contribution is 7.25. The summed E-state index contributed by atoms with van der Waals surface area (Å²) in [6.45, 7) is 0. The summed E-state index contributed by atoms with van der Waals surface area (Å²) in [7, 11) is 0. The second-order valence-corrected chi connectivity index (χ2v) is 13.9. The molecule has 1 unspecified atom stereocenters. The SMILES string of the molecule is C1=CC(c2cccc(-n3c4ccccc4c4cc5c(cc43)sc3ccccc35)c2)=CC(c2nc(-c3ccccc3)nc(-c3ccccc3)n2)C1. The maximum atomic E-state index is 5.04. The minimum Gasteiger partial charge on any atom is -0.309 e. The lowest BCUT2D eigenvalue weighted by Crippen LogP contribution is -2.09. The van der Waals surface area contributed by atoms with Gasteiger partial charge in [-0.15, -0.1) is 11.3 Å². The maximum absolute atomic E-state index is 5.04. The van der Waals surface area contributed by atoms with Crippen molar-refractivity contribution in [3.8, 4) is 28.5 Å². The molecule has 0 amide bonds. The first-order valence-electron chi connectivity index (χ1n) is 17.0. The van der Waals surface area contributed by atoms with E-state index >= 15 is 0 Å². The van der Waals surface area contributed by atoms with E-state index in [0.29, 0.717) is 11.6 Å². The Labute approximate surface area is 293 Å². The zero-order valence-corrected chi connectivity index (χ0v) is 27.9. The van der Waals surface area contributed by atoms with E-state index in [4.69, 9.17) is 15.0 Å². The van der Waals surface area contributed by atoms with Crippen LogP contribution in [0.3, 0.4) is 0 Å². The van der Waals surface area contributed by atoms with Crippen LogP contribution in [0.1, 0.15) is 23.7 Å². The molecule has 4 nitrogen and oxygen atoms in total. The Morgan fingerprint density at radius 1 is 0.520 bits per heavy atom. The first-order valence-corrected chi connectivity index (χ1v) is 17.8. The van der Waals surface area contributed by atoms with Gasteiger partial charge in [-0.2, -0.15) is 0 Å². The second-order valence-electron chi connectivity index (χ2n) is 12.8. The lowest BCUT2D eigenvalue weighted by atomic mass is 9.91.